The molecule has 1 aliphatic rings. The average Bonchev–Trinajstić information content (AvgIpc) is 3.14. The van der Waals surface area contributed by atoms with Crippen LogP contribution in [-0.4, -0.2) is 5.78 Å². The Morgan fingerprint density at radius 1 is 0.300 bits per heavy atom. The monoisotopic (exact) mass is 384 g/mol. The molecule has 0 atom stereocenters. The van der Waals surface area contributed by atoms with E-state index in [0.29, 0.717) is 0 Å². The molecular formula is C29H20O. The van der Waals surface area contributed by atoms with E-state index < -0.39 is 0 Å². The summed E-state index contributed by atoms with van der Waals surface area (Å²) < 4.78 is 0. The summed E-state index contributed by atoms with van der Waals surface area (Å²) >= 11 is 0. The van der Waals surface area contributed by atoms with Crippen molar-refractivity contribution in [3.63, 3.8) is 0 Å². The average molecular weight is 384 g/mol. The third-order valence-electron chi connectivity index (χ3n) is 5.45. The minimum atomic E-state index is 0.0742. The summed E-state index contributed by atoms with van der Waals surface area (Å²) in [7, 11) is 0. The molecule has 0 saturated carbocycles. The molecule has 4 aromatic rings. The van der Waals surface area contributed by atoms with E-state index in [0.717, 1.165) is 44.5 Å². The van der Waals surface area contributed by atoms with Gasteiger partial charge in [-0.05, 0) is 22.3 Å². The first-order valence-corrected chi connectivity index (χ1v) is 10.1. The maximum Gasteiger partial charge on any atom is 0.195 e. The first-order chi connectivity index (χ1) is 14.8. The van der Waals surface area contributed by atoms with Gasteiger partial charge in [-0.15, -0.1) is 0 Å². The van der Waals surface area contributed by atoms with Crippen molar-refractivity contribution in [2.75, 3.05) is 0 Å². The highest BCUT2D eigenvalue weighted by molar-refractivity contribution is 6.59. The van der Waals surface area contributed by atoms with Crippen molar-refractivity contribution >= 4 is 28.1 Å². The standard InChI is InChI=1S/C29H20O/c30-29-27(23-17-9-3-10-18-23)25(21-13-5-1-6-14-21)26(22-15-7-2-8-16-22)28(29)24-19-11-4-12-20-24/h1-20H. The van der Waals surface area contributed by atoms with E-state index >= 15 is 0 Å². The number of hydrogen-bond donors (Lipinski definition) is 0. The van der Waals surface area contributed by atoms with Gasteiger partial charge < -0.3 is 0 Å². The van der Waals surface area contributed by atoms with E-state index in [2.05, 4.69) is 24.3 Å². The third kappa shape index (κ3) is 3.11. The van der Waals surface area contributed by atoms with Crippen molar-refractivity contribution in [1.29, 1.82) is 0 Å². The van der Waals surface area contributed by atoms with E-state index in [4.69, 9.17) is 0 Å². The van der Waals surface area contributed by atoms with Crippen LogP contribution in [-0.2, 0) is 4.79 Å². The highest BCUT2D eigenvalue weighted by Crippen LogP contribution is 2.49. The van der Waals surface area contributed by atoms with Gasteiger partial charge in [0.15, 0.2) is 5.78 Å². The molecule has 5 rings (SSSR count). The molecule has 1 heteroatoms. The molecule has 30 heavy (non-hydrogen) atoms. The van der Waals surface area contributed by atoms with Gasteiger partial charge in [-0.1, -0.05) is 121 Å². The van der Waals surface area contributed by atoms with E-state index in [-0.39, 0.29) is 5.78 Å². The van der Waals surface area contributed by atoms with Crippen LogP contribution in [0.5, 0.6) is 0 Å². The zero-order valence-corrected chi connectivity index (χ0v) is 16.5. The second-order valence-corrected chi connectivity index (χ2v) is 7.29. The fourth-order valence-electron chi connectivity index (χ4n) is 4.15. The molecule has 0 aliphatic heterocycles. The van der Waals surface area contributed by atoms with Gasteiger partial charge in [-0.25, -0.2) is 0 Å². The molecule has 0 heterocycles. The molecular weight excluding hydrogens is 364 g/mol. The van der Waals surface area contributed by atoms with Crippen molar-refractivity contribution in [3.8, 4) is 0 Å². The summed E-state index contributed by atoms with van der Waals surface area (Å²) in [5, 5.41) is 0. The molecule has 1 nitrogen and oxygen atoms in total. The van der Waals surface area contributed by atoms with Crippen molar-refractivity contribution in [1.82, 2.24) is 0 Å². The summed E-state index contributed by atoms with van der Waals surface area (Å²) in [4.78, 5) is 14.0. The Balaban J connectivity index is 1.88. The first kappa shape index (κ1) is 18.1. The van der Waals surface area contributed by atoms with Crippen LogP contribution >= 0.6 is 0 Å². The van der Waals surface area contributed by atoms with Gasteiger partial charge in [-0.2, -0.15) is 0 Å². The van der Waals surface area contributed by atoms with Crippen LogP contribution in [0.15, 0.2) is 121 Å². The van der Waals surface area contributed by atoms with Crippen molar-refractivity contribution in [3.05, 3.63) is 144 Å². The van der Waals surface area contributed by atoms with Crippen LogP contribution in [0.3, 0.4) is 0 Å². The number of hydrogen-bond acceptors (Lipinski definition) is 1. The van der Waals surface area contributed by atoms with Crippen LogP contribution < -0.4 is 0 Å². The van der Waals surface area contributed by atoms with Gasteiger partial charge in [0.1, 0.15) is 0 Å². The third-order valence-corrected chi connectivity index (χ3v) is 5.45. The Morgan fingerprint density at radius 2 is 0.533 bits per heavy atom. The molecule has 0 N–H and O–H groups in total. The maximum absolute atomic E-state index is 14.0. The predicted molar refractivity (Wildman–Crippen MR) is 124 cm³/mol. The number of carbonyl (C=O) groups is 1. The lowest BCUT2D eigenvalue weighted by atomic mass is 9.89. The SMILES string of the molecule is O=C1C(c2ccccc2)=C(c2ccccc2)C(c2ccccc2)=C1c1ccccc1. The van der Waals surface area contributed by atoms with Gasteiger partial charge >= 0.3 is 0 Å². The lowest BCUT2D eigenvalue weighted by Gasteiger charge is -2.13. The molecule has 0 unspecified atom stereocenters. The van der Waals surface area contributed by atoms with E-state index in [1.807, 2.05) is 97.1 Å². The molecule has 0 bridgehead atoms. The lowest BCUT2D eigenvalue weighted by Crippen LogP contribution is -2.01. The molecule has 0 fully saturated rings. The fraction of sp³-hybridized carbons (Fsp3) is 0. The minimum absolute atomic E-state index is 0.0742. The molecule has 4 aromatic carbocycles. The van der Waals surface area contributed by atoms with Crippen LogP contribution in [0.25, 0.3) is 22.3 Å². The van der Waals surface area contributed by atoms with Crippen molar-refractivity contribution in [2.24, 2.45) is 0 Å². The summed E-state index contributed by atoms with van der Waals surface area (Å²) in [6.45, 7) is 0. The Kier molecular flexibility index (Phi) is 4.71. The predicted octanol–water partition coefficient (Wildman–Crippen LogP) is 6.79. The quantitative estimate of drug-likeness (QED) is 0.378. The Bertz CT molecular complexity index is 1150. The summed E-state index contributed by atoms with van der Waals surface area (Å²) in [5.41, 5.74) is 7.51. The summed E-state index contributed by atoms with van der Waals surface area (Å²) in [6.07, 6.45) is 0. The lowest BCUT2D eigenvalue weighted by molar-refractivity contribution is -0.108. The van der Waals surface area contributed by atoms with Gasteiger partial charge in [0.2, 0.25) is 0 Å². The topological polar surface area (TPSA) is 17.1 Å². The molecule has 0 amide bonds. The number of allylic oxidation sites excluding steroid dienone is 4. The molecule has 0 aromatic heterocycles. The normalized spacial score (nSPS) is 13.8. The molecule has 1 aliphatic carbocycles. The van der Waals surface area contributed by atoms with Crippen molar-refractivity contribution in [2.45, 2.75) is 0 Å². The number of benzene rings is 4. The van der Waals surface area contributed by atoms with Crippen LogP contribution in [0.4, 0.5) is 0 Å². The zero-order chi connectivity index (χ0) is 20.3. The molecule has 0 saturated heterocycles. The first-order valence-electron chi connectivity index (χ1n) is 10.1. The van der Waals surface area contributed by atoms with Gasteiger partial charge in [-0.3, -0.25) is 4.79 Å². The smallest absolute Gasteiger partial charge is 0.195 e. The number of carbonyl (C=O) groups excluding carboxylic acids is 1. The minimum Gasteiger partial charge on any atom is -0.289 e. The van der Waals surface area contributed by atoms with Gasteiger partial charge in [0, 0.05) is 22.3 Å². The van der Waals surface area contributed by atoms with E-state index in [1.54, 1.807) is 0 Å². The van der Waals surface area contributed by atoms with E-state index in [9.17, 15) is 4.79 Å². The molecule has 0 spiro atoms. The largest absolute Gasteiger partial charge is 0.289 e. The van der Waals surface area contributed by atoms with E-state index in [1.165, 1.54) is 0 Å². The highest BCUT2D eigenvalue weighted by atomic mass is 16.1. The molecule has 142 valence electrons. The number of rotatable bonds is 4. The summed E-state index contributed by atoms with van der Waals surface area (Å²) in [6, 6.07) is 40.5. The Morgan fingerprint density at radius 3 is 0.800 bits per heavy atom. The second kappa shape index (κ2) is 7.81. The number of Topliss-reactive ketones (excluding diaryl/α,β-unsaturated/α-hetero) is 1. The van der Waals surface area contributed by atoms with Crippen LogP contribution in [0, 0.1) is 0 Å². The van der Waals surface area contributed by atoms with Crippen LogP contribution in [0.1, 0.15) is 22.3 Å². The van der Waals surface area contributed by atoms with Gasteiger partial charge in [0.25, 0.3) is 0 Å². The maximum atomic E-state index is 14.0. The fourth-order valence-corrected chi connectivity index (χ4v) is 4.15. The highest BCUT2D eigenvalue weighted by Gasteiger charge is 2.35. The Hall–Kier alpha value is -3.97. The molecule has 0 radical (unpaired) electrons. The second-order valence-electron chi connectivity index (χ2n) is 7.29. The van der Waals surface area contributed by atoms with Gasteiger partial charge in [0.05, 0.1) is 0 Å². The summed E-state index contributed by atoms with van der Waals surface area (Å²) in [5.74, 6) is 0.0742. The van der Waals surface area contributed by atoms with Crippen LogP contribution in [0.2, 0.25) is 0 Å². The van der Waals surface area contributed by atoms with Crippen molar-refractivity contribution < 1.29 is 4.79 Å². The zero-order valence-electron chi connectivity index (χ0n) is 16.5. The Labute approximate surface area is 176 Å². The number of ketones is 1.